The quantitative estimate of drug-likeness (QED) is 0.807. The number of likely N-dealkylation sites (tertiary alicyclic amines) is 1. The zero-order chi connectivity index (χ0) is 14.8. The van der Waals surface area contributed by atoms with Gasteiger partial charge < -0.3 is 20.5 Å². The maximum Gasteiger partial charge on any atom is 0.255 e. The molecule has 1 aromatic rings. The Morgan fingerprint density at radius 3 is 2.80 bits per heavy atom. The van der Waals surface area contributed by atoms with E-state index in [0.717, 1.165) is 12.8 Å². The lowest BCUT2D eigenvalue weighted by Gasteiger charge is -2.23. The number of nitrogens with zero attached hydrogens (tertiary/aromatic N) is 1. The van der Waals surface area contributed by atoms with Crippen molar-refractivity contribution in [2.75, 3.05) is 25.9 Å². The Bertz CT molecular complexity index is 500. The number of hydrogen-bond acceptors (Lipinski definition) is 4. The first-order chi connectivity index (χ1) is 9.43. The van der Waals surface area contributed by atoms with E-state index in [2.05, 4.69) is 0 Å². The number of hydrogen-bond donors (Lipinski definition) is 2. The summed E-state index contributed by atoms with van der Waals surface area (Å²) in [6.45, 7) is 3.03. The molecule has 5 nitrogen and oxygen atoms in total. The van der Waals surface area contributed by atoms with Crippen molar-refractivity contribution in [3.63, 3.8) is 0 Å². The van der Waals surface area contributed by atoms with Crippen LogP contribution < -0.4 is 10.5 Å². The largest absolute Gasteiger partial charge is 0.497 e. The number of ether oxygens (including phenoxy) is 1. The molecule has 0 aromatic heterocycles. The number of carbonyl (C=O) groups excluding carboxylic acids is 1. The summed E-state index contributed by atoms with van der Waals surface area (Å²) in [5, 5.41) is 10.1. The summed E-state index contributed by atoms with van der Waals surface area (Å²) in [5.74, 6) is 0.556. The Morgan fingerprint density at radius 1 is 1.40 bits per heavy atom. The second kappa shape index (κ2) is 5.71. The van der Waals surface area contributed by atoms with Crippen LogP contribution in [0, 0.1) is 0 Å². The summed E-state index contributed by atoms with van der Waals surface area (Å²) < 4.78 is 5.08. The molecule has 20 heavy (non-hydrogen) atoms. The molecule has 1 heterocycles. The average molecular weight is 278 g/mol. The number of aliphatic hydroxyl groups is 1. The predicted molar refractivity (Wildman–Crippen MR) is 77.8 cm³/mol. The number of nitrogen functional groups attached to an aromatic ring is 1. The van der Waals surface area contributed by atoms with Crippen molar-refractivity contribution >= 4 is 11.6 Å². The van der Waals surface area contributed by atoms with E-state index in [4.69, 9.17) is 10.5 Å². The third kappa shape index (κ3) is 3.22. The summed E-state index contributed by atoms with van der Waals surface area (Å²) in [5.41, 5.74) is 6.15. The molecular formula is C15H22N2O3. The standard InChI is InChI=1S/C15H22N2O3/c1-15(19)6-3-8-17(9-7-15)14(18)12-5-4-11(20-2)10-13(12)16/h4-5,10,19H,3,6-9,16H2,1-2H3. The minimum absolute atomic E-state index is 0.0807. The van der Waals surface area contributed by atoms with Crippen molar-refractivity contribution in [3.8, 4) is 5.75 Å². The van der Waals surface area contributed by atoms with Gasteiger partial charge in [0.25, 0.3) is 5.91 Å². The van der Waals surface area contributed by atoms with Crippen molar-refractivity contribution < 1.29 is 14.6 Å². The van der Waals surface area contributed by atoms with Gasteiger partial charge in [0.1, 0.15) is 5.75 Å². The summed E-state index contributed by atoms with van der Waals surface area (Å²) in [4.78, 5) is 14.3. The van der Waals surface area contributed by atoms with Gasteiger partial charge in [0.05, 0.1) is 18.3 Å². The van der Waals surface area contributed by atoms with Gasteiger partial charge in [0.15, 0.2) is 0 Å². The van der Waals surface area contributed by atoms with E-state index >= 15 is 0 Å². The van der Waals surface area contributed by atoms with E-state index in [1.165, 1.54) is 0 Å². The van der Waals surface area contributed by atoms with Gasteiger partial charge >= 0.3 is 0 Å². The van der Waals surface area contributed by atoms with Crippen LogP contribution in [0.25, 0.3) is 0 Å². The van der Waals surface area contributed by atoms with E-state index < -0.39 is 5.60 Å². The fourth-order valence-electron chi connectivity index (χ4n) is 2.50. The van der Waals surface area contributed by atoms with Crippen molar-refractivity contribution in [3.05, 3.63) is 23.8 Å². The van der Waals surface area contributed by atoms with Crippen LogP contribution in [-0.4, -0.2) is 41.7 Å². The van der Waals surface area contributed by atoms with Gasteiger partial charge in [-0.1, -0.05) is 0 Å². The number of nitrogens with two attached hydrogens (primary N) is 1. The highest BCUT2D eigenvalue weighted by molar-refractivity contribution is 5.99. The Balaban J connectivity index is 2.15. The molecular weight excluding hydrogens is 256 g/mol. The van der Waals surface area contributed by atoms with E-state index in [1.807, 2.05) is 6.92 Å². The fraction of sp³-hybridized carbons (Fsp3) is 0.533. The van der Waals surface area contributed by atoms with Crippen molar-refractivity contribution in [2.45, 2.75) is 31.8 Å². The van der Waals surface area contributed by atoms with Gasteiger partial charge in [-0.25, -0.2) is 0 Å². The first-order valence-electron chi connectivity index (χ1n) is 6.88. The minimum Gasteiger partial charge on any atom is -0.497 e. The number of rotatable bonds is 2. The highest BCUT2D eigenvalue weighted by Crippen LogP contribution is 2.25. The first kappa shape index (κ1) is 14.7. The molecule has 3 N–H and O–H groups in total. The molecule has 0 bridgehead atoms. The van der Waals surface area contributed by atoms with E-state index in [-0.39, 0.29) is 5.91 Å². The number of carbonyl (C=O) groups is 1. The molecule has 1 fully saturated rings. The highest BCUT2D eigenvalue weighted by atomic mass is 16.5. The predicted octanol–water partition coefficient (Wildman–Crippen LogP) is 1.65. The second-order valence-electron chi connectivity index (χ2n) is 5.60. The number of methoxy groups -OCH3 is 1. The lowest BCUT2D eigenvalue weighted by atomic mass is 9.98. The lowest BCUT2D eigenvalue weighted by molar-refractivity contribution is 0.0438. The number of amides is 1. The van der Waals surface area contributed by atoms with Crippen LogP contribution in [-0.2, 0) is 0 Å². The summed E-state index contributed by atoms with van der Waals surface area (Å²) in [6, 6.07) is 5.08. The maximum atomic E-state index is 12.5. The van der Waals surface area contributed by atoms with Gasteiger partial charge in [0, 0.05) is 24.8 Å². The molecule has 1 saturated heterocycles. The van der Waals surface area contributed by atoms with Crippen LogP contribution >= 0.6 is 0 Å². The van der Waals surface area contributed by atoms with Crippen LogP contribution in [0.15, 0.2) is 18.2 Å². The Labute approximate surface area is 119 Å². The third-order valence-corrected chi connectivity index (χ3v) is 3.84. The van der Waals surface area contributed by atoms with Crippen molar-refractivity contribution in [1.29, 1.82) is 0 Å². The molecule has 5 heteroatoms. The van der Waals surface area contributed by atoms with E-state index in [0.29, 0.717) is 36.5 Å². The maximum absolute atomic E-state index is 12.5. The highest BCUT2D eigenvalue weighted by Gasteiger charge is 2.28. The molecule has 0 aliphatic carbocycles. The second-order valence-corrected chi connectivity index (χ2v) is 5.60. The normalized spacial score (nSPS) is 23.2. The zero-order valence-electron chi connectivity index (χ0n) is 12.1. The van der Waals surface area contributed by atoms with Crippen molar-refractivity contribution in [2.24, 2.45) is 0 Å². The zero-order valence-corrected chi connectivity index (χ0v) is 12.1. The molecule has 110 valence electrons. The Kier molecular flexibility index (Phi) is 4.18. The summed E-state index contributed by atoms with van der Waals surface area (Å²) in [7, 11) is 1.56. The summed E-state index contributed by atoms with van der Waals surface area (Å²) >= 11 is 0. The molecule has 1 unspecified atom stereocenters. The minimum atomic E-state index is -0.680. The molecule has 2 rings (SSSR count). The topological polar surface area (TPSA) is 75.8 Å². The molecule has 1 amide bonds. The smallest absolute Gasteiger partial charge is 0.255 e. The van der Waals surface area contributed by atoms with E-state index in [9.17, 15) is 9.90 Å². The third-order valence-electron chi connectivity index (χ3n) is 3.84. The molecule has 1 aliphatic rings. The van der Waals surface area contributed by atoms with Gasteiger partial charge in [0.2, 0.25) is 0 Å². The van der Waals surface area contributed by atoms with Crippen LogP contribution in [0.1, 0.15) is 36.5 Å². The number of benzene rings is 1. The van der Waals surface area contributed by atoms with Crippen molar-refractivity contribution in [1.82, 2.24) is 4.90 Å². The fourth-order valence-corrected chi connectivity index (χ4v) is 2.50. The molecule has 0 spiro atoms. The average Bonchev–Trinajstić information content (AvgIpc) is 2.59. The van der Waals surface area contributed by atoms with Crippen LogP contribution in [0.2, 0.25) is 0 Å². The molecule has 0 radical (unpaired) electrons. The van der Waals surface area contributed by atoms with Gasteiger partial charge in [-0.3, -0.25) is 4.79 Å². The molecule has 1 aliphatic heterocycles. The van der Waals surface area contributed by atoms with Gasteiger partial charge in [-0.15, -0.1) is 0 Å². The first-order valence-corrected chi connectivity index (χ1v) is 6.88. The monoisotopic (exact) mass is 278 g/mol. The van der Waals surface area contributed by atoms with Crippen LogP contribution in [0.5, 0.6) is 5.75 Å². The number of anilines is 1. The molecule has 1 atom stereocenters. The lowest BCUT2D eigenvalue weighted by Crippen LogP contribution is -2.33. The molecule has 1 aromatic carbocycles. The van der Waals surface area contributed by atoms with E-state index in [1.54, 1.807) is 30.2 Å². The Hall–Kier alpha value is -1.75. The van der Waals surface area contributed by atoms with Gasteiger partial charge in [-0.05, 0) is 38.3 Å². The molecule has 0 saturated carbocycles. The van der Waals surface area contributed by atoms with Gasteiger partial charge in [-0.2, -0.15) is 0 Å². The SMILES string of the molecule is COc1ccc(C(=O)N2CCCC(C)(O)CC2)c(N)c1. The summed E-state index contributed by atoms with van der Waals surface area (Å²) in [6.07, 6.45) is 2.11. The Morgan fingerprint density at radius 2 is 2.15 bits per heavy atom. The van der Waals surface area contributed by atoms with Crippen LogP contribution in [0.3, 0.4) is 0 Å². The van der Waals surface area contributed by atoms with Crippen LogP contribution in [0.4, 0.5) is 5.69 Å².